The highest BCUT2D eigenvalue weighted by Gasteiger charge is 2.19. The number of pyridine rings is 1. The minimum absolute atomic E-state index is 0.374. The van der Waals surface area contributed by atoms with Crippen molar-refractivity contribution in [1.29, 1.82) is 0 Å². The molecule has 2 heterocycles. The van der Waals surface area contributed by atoms with Gasteiger partial charge < -0.3 is 5.32 Å². The Balaban J connectivity index is 2.26. The van der Waals surface area contributed by atoms with Gasteiger partial charge in [0.1, 0.15) is 0 Å². The normalized spacial score (nSPS) is 22.9. The van der Waals surface area contributed by atoms with Gasteiger partial charge in [-0.05, 0) is 31.5 Å². The van der Waals surface area contributed by atoms with Gasteiger partial charge in [0.25, 0.3) is 0 Å². The number of aromatic nitrogens is 1. The first kappa shape index (κ1) is 8.02. The van der Waals surface area contributed by atoms with Crippen LogP contribution in [0.5, 0.6) is 0 Å². The van der Waals surface area contributed by atoms with Crippen LogP contribution in [0.3, 0.4) is 0 Å². The number of rotatable bonds is 1. The summed E-state index contributed by atoms with van der Waals surface area (Å²) in [5.74, 6) is 0. The lowest BCUT2D eigenvalue weighted by Gasteiger charge is -2.09. The summed E-state index contributed by atoms with van der Waals surface area (Å²) >= 11 is 6.00. The molecule has 2 rings (SSSR count). The largest absolute Gasteiger partial charge is 0.309 e. The minimum Gasteiger partial charge on any atom is -0.309 e. The van der Waals surface area contributed by atoms with Crippen LogP contribution in [-0.2, 0) is 0 Å². The predicted molar refractivity (Wildman–Crippen MR) is 49.2 cm³/mol. The predicted octanol–water partition coefficient (Wildman–Crippen LogP) is 2.16. The van der Waals surface area contributed by atoms with Crippen molar-refractivity contribution >= 4 is 11.6 Å². The average Bonchev–Trinajstić information content (AvgIpc) is 2.57. The van der Waals surface area contributed by atoms with E-state index < -0.39 is 0 Å². The van der Waals surface area contributed by atoms with Crippen molar-refractivity contribution in [2.45, 2.75) is 18.9 Å². The number of hydrogen-bond acceptors (Lipinski definition) is 2. The Labute approximate surface area is 77.0 Å². The molecule has 0 aliphatic carbocycles. The smallest absolute Gasteiger partial charge is 0.0758 e. The molecule has 0 spiro atoms. The van der Waals surface area contributed by atoms with Crippen molar-refractivity contribution in [3.05, 3.63) is 29.0 Å². The second-order valence-electron chi connectivity index (χ2n) is 3.02. The topological polar surface area (TPSA) is 24.9 Å². The minimum atomic E-state index is 0.374. The molecule has 0 unspecified atom stereocenters. The van der Waals surface area contributed by atoms with E-state index in [0.29, 0.717) is 6.04 Å². The second-order valence-corrected chi connectivity index (χ2v) is 3.43. The molecule has 0 aromatic carbocycles. The van der Waals surface area contributed by atoms with Crippen molar-refractivity contribution in [3.63, 3.8) is 0 Å². The molecule has 1 fully saturated rings. The third kappa shape index (κ3) is 1.45. The zero-order chi connectivity index (χ0) is 8.39. The Hall–Kier alpha value is -0.600. The van der Waals surface area contributed by atoms with Gasteiger partial charge in [-0.3, -0.25) is 4.98 Å². The first-order valence-electron chi connectivity index (χ1n) is 4.22. The third-order valence-electron chi connectivity index (χ3n) is 2.18. The Morgan fingerprint density at radius 2 is 2.50 bits per heavy atom. The lowest BCUT2D eigenvalue weighted by Crippen LogP contribution is -2.14. The van der Waals surface area contributed by atoms with Gasteiger partial charge >= 0.3 is 0 Å². The summed E-state index contributed by atoms with van der Waals surface area (Å²) in [6.07, 6.45) is 4.16. The van der Waals surface area contributed by atoms with E-state index in [0.717, 1.165) is 23.7 Å². The Morgan fingerprint density at radius 1 is 1.58 bits per heavy atom. The van der Waals surface area contributed by atoms with Crippen LogP contribution in [0.4, 0.5) is 0 Å². The quantitative estimate of drug-likeness (QED) is 0.720. The fraction of sp³-hybridized carbons (Fsp3) is 0.444. The summed E-state index contributed by atoms with van der Waals surface area (Å²) in [4.78, 5) is 4.27. The summed E-state index contributed by atoms with van der Waals surface area (Å²) in [6, 6.07) is 4.13. The standard InChI is InChI=1S/C9H11ClN2/c10-7-3-1-6-12-9(7)8-4-2-5-11-8/h1,3,6,8,11H,2,4-5H2/t8-/m0/s1. The number of nitrogens with one attached hydrogen (secondary N) is 1. The van der Waals surface area contributed by atoms with E-state index in [-0.39, 0.29) is 0 Å². The van der Waals surface area contributed by atoms with Crippen molar-refractivity contribution in [3.8, 4) is 0 Å². The van der Waals surface area contributed by atoms with E-state index in [1.54, 1.807) is 6.20 Å². The molecule has 3 heteroatoms. The van der Waals surface area contributed by atoms with Gasteiger partial charge in [-0.2, -0.15) is 0 Å². The van der Waals surface area contributed by atoms with Crippen LogP contribution in [-0.4, -0.2) is 11.5 Å². The molecule has 0 bridgehead atoms. The highest BCUT2D eigenvalue weighted by atomic mass is 35.5. The molecule has 0 saturated carbocycles. The highest BCUT2D eigenvalue weighted by Crippen LogP contribution is 2.26. The van der Waals surface area contributed by atoms with Gasteiger partial charge in [0.15, 0.2) is 0 Å². The Kier molecular flexibility index (Phi) is 2.28. The first-order valence-corrected chi connectivity index (χ1v) is 4.59. The summed E-state index contributed by atoms with van der Waals surface area (Å²) in [6.45, 7) is 1.08. The van der Waals surface area contributed by atoms with Crippen LogP contribution in [0, 0.1) is 0 Å². The Bertz CT molecular complexity index is 269. The summed E-state index contributed by atoms with van der Waals surface area (Å²) in [5.41, 5.74) is 0.997. The molecule has 2 nitrogen and oxygen atoms in total. The van der Waals surface area contributed by atoms with Crippen molar-refractivity contribution in [2.75, 3.05) is 6.54 Å². The summed E-state index contributed by atoms with van der Waals surface area (Å²) in [7, 11) is 0. The molecule has 0 radical (unpaired) electrons. The summed E-state index contributed by atoms with van der Waals surface area (Å²) in [5, 5.41) is 4.14. The van der Waals surface area contributed by atoms with E-state index in [1.165, 1.54) is 6.42 Å². The van der Waals surface area contributed by atoms with E-state index >= 15 is 0 Å². The fourth-order valence-electron chi connectivity index (χ4n) is 1.57. The maximum absolute atomic E-state index is 6.00. The van der Waals surface area contributed by atoms with Crippen LogP contribution in [0.15, 0.2) is 18.3 Å². The van der Waals surface area contributed by atoms with Gasteiger partial charge in [-0.25, -0.2) is 0 Å². The van der Waals surface area contributed by atoms with Gasteiger partial charge in [0.05, 0.1) is 16.8 Å². The van der Waals surface area contributed by atoms with E-state index in [2.05, 4.69) is 10.3 Å². The molecule has 1 saturated heterocycles. The highest BCUT2D eigenvalue weighted by molar-refractivity contribution is 6.31. The van der Waals surface area contributed by atoms with Crippen molar-refractivity contribution < 1.29 is 0 Å². The van der Waals surface area contributed by atoms with Crippen LogP contribution in [0.25, 0.3) is 0 Å². The maximum atomic E-state index is 6.00. The maximum Gasteiger partial charge on any atom is 0.0758 e. The first-order chi connectivity index (χ1) is 5.88. The molecule has 1 aromatic rings. The van der Waals surface area contributed by atoms with Crippen molar-refractivity contribution in [1.82, 2.24) is 10.3 Å². The molecule has 64 valence electrons. The molecular weight excluding hydrogens is 172 g/mol. The van der Waals surface area contributed by atoms with Crippen LogP contribution >= 0.6 is 11.6 Å². The number of halogens is 1. The number of nitrogens with zero attached hydrogens (tertiary/aromatic N) is 1. The van der Waals surface area contributed by atoms with Gasteiger partial charge in [0, 0.05) is 6.20 Å². The molecule has 12 heavy (non-hydrogen) atoms. The van der Waals surface area contributed by atoms with E-state index in [9.17, 15) is 0 Å². The summed E-state index contributed by atoms with van der Waals surface area (Å²) < 4.78 is 0. The van der Waals surface area contributed by atoms with Crippen LogP contribution in [0.2, 0.25) is 5.02 Å². The molecular formula is C9H11ClN2. The Morgan fingerprint density at radius 3 is 3.17 bits per heavy atom. The zero-order valence-corrected chi connectivity index (χ0v) is 7.51. The molecule has 1 aliphatic heterocycles. The van der Waals surface area contributed by atoms with E-state index in [1.807, 2.05) is 12.1 Å². The van der Waals surface area contributed by atoms with Gasteiger partial charge in [-0.1, -0.05) is 11.6 Å². The monoisotopic (exact) mass is 182 g/mol. The average molecular weight is 183 g/mol. The lowest BCUT2D eigenvalue weighted by molar-refractivity contribution is 0.628. The second kappa shape index (κ2) is 3.42. The van der Waals surface area contributed by atoms with Crippen LogP contribution < -0.4 is 5.32 Å². The van der Waals surface area contributed by atoms with E-state index in [4.69, 9.17) is 11.6 Å². The molecule has 1 aliphatic rings. The molecule has 0 amide bonds. The lowest BCUT2D eigenvalue weighted by atomic mass is 10.1. The SMILES string of the molecule is Clc1cccnc1[C@@H]1CCCN1. The molecule has 1 aromatic heterocycles. The van der Waals surface area contributed by atoms with Crippen molar-refractivity contribution in [2.24, 2.45) is 0 Å². The number of hydrogen-bond donors (Lipinski definition) is 1. The fourth-order valence-corrected chi connectivity index (χ4v) is 1.83. The van der Waals surface area contributed by atoms with Gasteiger partial charge in [-0.15, -0.1) is 0 Å². The zero-order valence-electron chi connectivity index (χ0n) is 6.76. The van der Waals surface area contributed by atoms with Gasteiger partial charge in [0.2, 0.25) is 0 Å². The third-order valence-corrected chi connectivity index (χ3v) is 2.50. The molecule has 1 atom stereocenters. The molecule has 1 N–H and O–H groups in total. The van der Waals surface area contributed by atoms with Crippen LogP contribution in [0.1, 0.15) is 24.6 Å².